The lowest BCUT2D eigenvalue weighted by atomic mass is 10.1. The molecule has 2 heterocycles. The average Bonchev–Trinajstić information content (AvgIpc) is 2.39. The van der Waals surface area contributed by atoms with E-state index in [0.717, 1.165) is 11.0 Å². The Morgan fingerprint density at radius 3 is 2.89 bits per heavy atom. The molecule has 0 bridgehead atoms. The third-order valence-electron chi connectivity index (χ3n) is 3.32. The van der Waals surface area contributed by atoms with Crippen LogP contribution >= 0.6 is 0 Å². The first-order valence-corrected chi connectivity index (χ1v) is 6.21. The summed E-state index contributed by atoms with van der Waals surface area (Å²) in [6.07, 6.45) is 2.29. The molecule has 0 saturated carbocycles. The Morgan fingerprint density at radius 2 is 2.21 bits per heavy atom. The average molecular weight is 267 g/mol. The summed E-state index contributed by atoms with van der Waals surface area (Å²) in [5, 5.41) is 9.52. The Labute approximate surface area is 109 Å². The minimum atomic E-state index is -0.515. The van der Waals surface area contributed by atoms with Crippen LogP contribution in [0.3, 0.4) is 0 Å². The van der Waals surface area contributed by atoms with Crippen molar-refractivity contribution in [2.24, 2.45) is 7.05 Å². The van der Waals surface area contributed by atoms with Crippen LogP contribution in [0.25, 0.3) is 0 Å². The standard InChI is InChI=1S/C12H17N3O4/c1-13-10(17)4-6-15(12(13)19)8-11(18)14-5-2-3-9(16)7-14/h4,6,9,16H,2-3,5,7-8H2,1H3. The second-order valence-corrected chi connectivity index (χ2v) is 4.76. The van der Waals surface area contributed by atoms with Gasteiger partial charge in [-0.3, -0.25) is 18.7 Å². The van der Waals surface area contributed by atoms with Crippen LogP contribution in [0.15, 0.2) is 21.9 Å². The molecule has 0 aromatic carbocycles. The normalized spacial score (nSPS) is 19.5. The largest absolute Gasteiger partial charge is 0.391 e. The van der Waals surface area contributed by atoms with Crippen LogP contribution in [-0.2, 0) is 18.4 Å². The fourth-order valence-corrected chi connectivity index (χ4v) is 2.16. The summed E-state index contributed by atoms with van der Waals surface area (Å²) in [4.78, 5) is 36.6. The van der Waals surface area contributed by atoms with E-state index >= 15 is 0 Å². The van der Waals surface area contributed by atoms with Crippen molar-refractivity contribution in [1.29, 1.82) is 0 Å². The molecule has 1 N–H and O–H groups in total. The number of piperidine rings is 1. The van der Waals surface area contributed by atoms with Gasteiger partial charge < -0.3 is 10.0 Å². The summed E-state index contributed by atoms with van der Waals surface area (Å²) >= 11 is 0. The molecule has 7 nitrogen and oxygen atoms in total. The fraction of sp³-hybridized carbons (Fsp3) is 0.583. The molecule has 0 aliphatic carbocycles. The van der Waals surface area contributed by atoms with Gasteiger partial charge in [-0.15, -0.1) is 0 Å². The summed E-state index contributed by atoms with van der Waals surface area (Å²) in [5.74, 6) is -0.223. The molecule has 0 spiro atoms. The highest BCUT2D eigenvalue weighted by molar-refractivity contribution is 5.76. The topological polar surface area (TPSA) is 84.5 Å². The molecule has 19 heavy (non-hydrogen) atoms. The van der Waals surface area contributed by atoms with E-state index < -0.39 is 17.4 Å². The zero-order valence-corrected chi connectivity index (χ0v) is 10.8. The van der Waals surface area contributed by atoms with Gasteiger partial charge in [0.1, 0.15) is 6.54 Å². The Kier molecular flexibility index (Phi) is 3.84. The summed E-state index contributed by atoms with van der Waals surface area (Å²) in [7, 11) is 1.37. The number of aliphatic hydroxyl groups excluding tert-OH is 1. The molecular weight excluding hydrogens is 250 g/mol. The Hall–Kier alpha value is -1.89. The van der Waals surface area contributed by atoms with E-state index in [0.29, 0.717) is 19.5 Å². The number of amides is 1. The molecule has 7 heteroatoms. The number of aromatic nitrogens is 2. The first kappa shape index (κ1) is 13.5. The van der Waals surface area contributed by atoms with Crippen molar-refractivity contribution in [2.75, 3.05) is 13.1 Å². The van der Waals surface area contributed by atoms with Gasteiger partial charge in [-0.05, 0) is 12.8 Å². The third-order valence-corrected chi connectivity index (χ3v) is 3.32. The number of β-amino-alcohol motifs (C(OH)–C–C–N with tert-alkyl or cyclic N) is 1. The van der Waals surface area contributed by atoms with Gasteiger partial charge in [-0.2, -0.15) is 0 Å². The lowest BCUT2D eigenvalue weighted by Crippen LogP contribution is -2.46. The molecule has 1 aliphatic heterocycles. The fourth-order valence-electron chi connectivity index (χ4n) is 2.16. The molecule has 1 fully saturated rings. The predicted octanol–water partition coefficient (Wildman–Crippen LogP) is -1.47. The second kappa shape index (κ2) is 5.40. The Morgan fingerprint density at radius 1 is 1.47 bits per heavy atom. The van der Waals surface area contributed by atoms with Gasteiger partial charge in [-0.25, -0.2) is 4.79 Å². The highest BCUT2D eigenvalue weighted by Crippen LogP contribution is 2.10. The number of nitrogens with zero attached hydrogens (tertiary/aromatic N) is 3. The Bertz CT molecular complexity index is 589. The quantitative estimate of drug-likeness (QED) is 0.709. The van der Waals surface area contributed by atoms with E-state index in [1.807, 2.05) is 0 Å². The summed E-state index contributed by atoms with van der Waals surface area (Å²) in [6, 6.07) is 1.25. The van der Waals surface area contributed by atoms with Gasteiger partial charge in [0.15, 0.2) is 0 Å². The van der Waals surface area contributed by atoms with Gasteiger partial charge in [-0.1, -0.05) is 0 Å². The highest BCUT2D eigenvalue weighted by atomic mass is 16.3. The smallest absolute Gasteiger partial charge is 0.331 e. The number of hydrogen-bond donors (Lipinski definition) is 1. The number of carbonyl (C=O) groups excluding carboxylic acids is 1. The minimum Gasteiger partial charge on any atom is -0.391 e. The predicted molar refractivity (Wildman–Crippen MR) is 67.8 cm³/mol. The van der Waals surface area contributed by atoms with Gasteiger partial charge >= 0.3 is 5.69 Å². The van der Waals surface area contributed by atoms with Crippen LogP contribution in [0.4, 0.5) is 0 Å². The zero-order valence-electron chi connectivity index (χ0n) is 10.8. The molecule has 1 atom stereocenters. The number of aliphatic hydroxyl groups is 1. The molecule has 1 aromatic heterocycles. The van der Waals surface area contributed by atoms with Crippen LogP contribution in [-0.4, -0.2) is 44.2 Å². The zero-order chi connectivity index (χ0) is 14.0. The van der Waals surface area contributed by atoms with Crippen LogP contribution in [0.5, 0.6) is 0 Å². The number of rotatable bonds is 2. The van der Waals surface area contributed by atoms with E-state index in [1.165, 1.54) is 23.9 Å². The molecule has 0 radical (unpaired) electrons. The lowest BCUT2D eigenvalue weighted by Gasteiger charge is -2.30. The number of likely N-dealkylation sites (tertiary alicyclic amines) is 1. The monoisotopic (exact) mass is 267 g/mol. The Balaban J connectivity index is 2.13. The summed E-state index contributed by atoms with van der Waals surface area (Å²) in [6.45, 7) is 0.787. The van der Waals surface area contributed by atoms with Crippen LogP contribution < -0.4 is 11.2 Å². The van der Waals surface area contributed by atoms with Crippen LogP contribution in [0.2, 0.25) is 0 Å². The number of carbonyl (C=O) groups is 1. The van der Waals surface area contributed by atoms with Gasteiger partial charge in [0.05, 0.1) is 6.10 Å². The molecular formula is C12H17N3O4. The van der Waals surface area contributed by atoms with Crippen molar-refractivity contribution >= 4 is 5.91 Å². The van der Waals surface area contributed by atoms with E-state index in [-0.39, 0.29) is 12.5 Å². The maximum absolute atomic E-state index is 12.0. The first-order chi connectivity index (χ1) is 8.99. The van der Waals surface area contributed by atoms with Crippen molar-refractivity contribution in [2.45, 2.75) is 25.5 Å². The lowest BCUT2D eigenvalue weighted by molar-refractivity contribution is -0.134. The maximum Gasteiger partial charge on any atom is 0.331 e. The van der Waals surface area contributed by atoms with Gasteiger partial charge in [0.25, 0.3) is 5.56 Å². The van der Waals surface area contributed by atoms with Crippen molar-refractivity contribution in [3.8, 4) is 0 Å². The molecule has 1 aliphatic rings. The molecule has 2 rings (SSSR count). The van der Waals surface area contributed by atoms with E-state index in [1.54, 1.807) is 4.90 Å². The van der Waals surface area contributed by atoms with Crippen LogP contribution in [0.1, 0.15) is 12.8 Å². The van der Waals surface area contributed by atoms with Crippen molar-refractivity contribution in [3.05, 3.63) is 33.1 Å². The molecule has 1 unspecified atom stereocenters. The number of hydrogen-bond acceptors (Lipinski definition) is 4. The molecule has 1 saturated heterocycles. The van der Waals surface area contributed by atoms with Crippen molar-refractivity contribution < 1.29 is 9.90 Å². The van der Waals surface area contributed by atoms with Crippen molar-refractivity contribution in [1.82, 2.24) is 14.0 Å². The van der Waals surface area contributed by atoms with E-state index in [9.17, 15) is 19.5 Å². The van der Waals surface area contributed by atoms with Crippen molar-refractivity contribution in [3.63, 3.8) is 0 Å². The highest BCUT2D eigenvalue weighted by Gasteiger charge is 2.22. The van der Waals surface area contributed by atoms with Crippen LogP contribution in [0, 0.1) is 0 Å². The SMILES string of the molecule is Cn1c(=O)ccn(CC(=O)N2CCCC(O)C2)c1=O. The molecule has 1 aromatic rings. The maximum atomic E-state index is 12.0. The third kappa shape index (κ3) is 2.93. The first-order valence-electron chi connectivity index (χ1n) is 6.21. The second-order valence-electron chi connectivity index (χ2n) is 4.76. The summed E-state index contributed by atoms with van der Waals surface area (Å²) in [5.41, 5.74) is -0.916. The molecule has 1 amide bonds. The summed E-state index contributed by atoms with van der Waals surface area (Å²) < 4.78 is 2.16. The van der Waals surface area contributed by atoms with Gasteiger partial charge in [0.2, 0.25) is 5.91 Å². The van der Waals surface area contributed by atoms with Gasteiger partial charge in [0, 0.05) is 32.4 Å². The van der Waals surface area contributed by atoms with E-state index in [4.69, 9.17) is 0 Å². The van der Waals surface area contributed by atoms with E-state index in [2.05, 4.69) is 0 Å². The minimum absolute atomic E-state index is 0.111. The molecule has 104 valence electrons.